The Morgan fingerprint density at radius 1 is 0.923 bits per heavy atom. The first kappa shape index (κ1) is 17.8. The zero-order chi connectivity index (χ0) is 18.7. The Balaban J connectivity index is 2.15. The molecule has 0 saturated carbocycles. The van der Waals surface area contributed by atoms with Crippen LogP contribution in [0.15, 0.2) is 30.3 Å². The van der Waals surface area contributed by atoms with Crippen molar-refractivity contribution in [2.75, 3.05) is 27.9 Å². The second kappa shape index (κ2) is 7.47. The van der Waals surface area contributed by atoms with E-state index in [-0.39, 0.29) is 12.4 Å². The van der Waals surface area contributed by atoms with Crippen molar-refractivity contribution in [3.63, 3.8) is 0 Å². The Labute approximate surface area is 151 Å². The normalized spacial score (nSPS) is 12.5. The van der Waals surface area contributed by atoms with E-state index in [1.807, 2.05) is 24.3 Å². The number of hydrogen-bond acceptors (Lipinski definition) is 6. The number of methoxy groups -OCH3 is 3. The van der Waals surface area contributed by atoms with Gasteiger partial charge in [-0.2, -0.15) is 0 Å². The quantitative estimate of drug-likeness (QED) is 0.741. The highest BCUT2D eigenvalue weighted by Gasteiger charge is 2.26. The first-order valence-electron chi connectivity index (χ1n) is 8.20. The Hall–Kier alpha value is -3.02. The number of benzene rings is 2. The highest BCUT2D eigenvalue weighted by molar-refractivity contribution is 6.02. The summed E-state index contributed by atoms with van der Waals surface area (Å²) in [5.74, 6) is 0.884. The molecule has 0 fully saturated rings. The van der Waals surface area contributed by atoms with Gasteiger partial charge in [0.15, 0.2) is 23.9 Å². The molecule has 0 heterocycles. The molecule has 1 aliphatic rings. The van der Waals surface area contributed by atoms with Gasteiger partial charge in [0.1, 0.15) is 0 Å². The zero-order valence-corrected chi connectivity index (χ0v) is 15.0. The van der Waals surface area contributed by atoms with E-state index in [0.29, 0.717) is 30.1 Å². The van der Waals surface area contributed by atoms with Crippen LogP contribution in [0.1, 0.15) is 22.3 Å². The molecule has 0 atom stereocenters. The van der Waals surface area contributed by atoms with Gasteiger partial charge >= 0.3 is 5.97 Å². The lowest BCUT2D eigenvalue weighted by atomic mass is 9.95. The minimum atomic E-state index is -0.505. The third-order valence-corrected chi connectivity index (χ3v) is 4.43. The summed E-state index contributed by atoms with van der Waals surface area (Å²) in [5.41, 5.74) is 3.33. The molecule has 0 N–H and O–H groups in total. The Morgan fingerprint density at radius 2 is 1.69 bits per heavy atom. The molecular formula is C20H20O6. The summed E-state index contributed by atoms with van der Waals surface area (Å²) in [6.45, 7) is -0.263. The van der Waals surface area contributed by atoms with Crippen molar-refractivity contribution in [2.24, 2.45) is 0 Å². The van der Waals surface area contributed by atoms with Gasteiger partial charge in [-0.3, -0.25) is 4.79 Å². The second-order valence-electron chi connectivity index (χ2n) is 5.80. The number of fused-ring (bicyclic) bond motifs is 1. The highest BCUT2D eigenvalue weighted by atomic mass is 16.6. The van der Waals surface area contributed by atoms with Crippen LogP contribution < -0.4 is 14.2 Å². The molecule has 136 valence electrons. The summed E-state index contributed by atoms with van der Waals surface area (Å²) in [5, 5.41) is 0. The zero-order valence-electron chi connectivity index (χ0n) is 15.0. The van der Waals surface area contributed by atoms with Crippen LogP contribution in [0.2, 0.25) is 0 Å². The predicted molar refractivity (Wildman–Crippen MR) is 95.1 cm³/mol. The maximum atomic E-state index is 12.1. The molecule has 3 rings (SSSR count). The van der Waals surface area contributed by atoms with Crippen molar-refractivity contribution in [1.82, 2.24) is 0 Å². The third-order valence-electron chi connectivity index (χ3n) is 4.43. The van der Waals surface area contributed by atoms with Crippen LogP contribution in [0, 0.1) is 0 Å². The number of ketones is 1. The van der Waals surface area contributed by atoms with Gasteiger partial charge in [-0.05, 0) is 29.7 Å². The van der Waals surface area contributed by atoms with Gasteiger partial charge in [0, 0.05) is 17.5 Å². The second-order valence-corrected chi connectivity index (χ2v) is 5.80. The fourth-order valence-corrected chi connectivity index (χ4v) is 3.19. The van der Waals surface area contributed by atoms with Crippen molar-refractivity contribution in [2.45, 2.75) is 12.8 Å². The predicted octanol–water partition coefficient (Wildman–Crippen LogP) is 3.05. The molecule has 2 aromatic carbocycles. The van der Waals surface area contributed by atoms with Gasteiger partial charge in [-0.25, -0.2) is 4.79 Å². The fourth-order valence-electron chi connectivity index (χ4n) is 3.19. The Kier molecular flexibility index (Phi) is 5.11. The fraction of sp³-hybridized carbons (Fsp3) is 0.300. The maximum absolute atomic E-state index is 12.1. The largest absolute Gasteiger partial charge is 0.493 e. The molecule has 6 nitrogen and oxygen atoms in total. The Morgan fingerprint density at radius 3 is 2.38 bits per heavy atom. The molecule has 0 saturated heterocycles. The molecule has 0 radical (unpaired) electrons. The maximum Gasteiger partial charge on any atom is 0.343 e. The number of esters is 1. The summed E-state index contributed by atoms with van der Waals surface area (Å²) in [6, 6.07) is 9.23. The molecule has 0 bridgehead atoms. The van der Waals surface area contributed by atoms with Crippen molar-refractivity contribution in [3.8, 4) is 28.4 Å². The van der Waals surface area contributed by atoms with Crippen molar-refractivity contribution in [1.29, 1.82) is 0 Å². The van der Waals surface area contributed by atoms with Crippen LogP contribution in [0.4, 0.5) is 0 Å². The van der Waals surface area contributed by atoms with E-state index >= 15 is 0 Å². The Bertz CT molecular complexity index is 856. The lowest BCUT2D eigenvalue weighted by molar-refractivity contribution is -0.142. The van der Waals surface area contributed by atoms with Gasteiger partial charge in [0.25, 0.3) is 0 Å². The van der Waals surface area contributed by atoms with Crippen LogP contribution in [-0.4, -0.2) is 39.7 Å². The average molecular weight is 356 g/mol. The van der Waals surface area contributed by atoms with Crippen LogP contribution in [0.5, 0.6) is 17.2 Å². The molecule has 0 unspecified atom stereocenters. The minimum absolute atomic E-state index is 0.138. The topological polar surface area (TPSA) is 71.1 Å². The van der Waals surface area contributed by atoms with Gasteiger partial charge in [-0.1, -0.05) is 18.2 Å². The third kappa shape index (κ3) is 3.10. The van der Waals surface area contributed by atoms with Crippen molar-refractivity contribution >= 4 is 11.8 Å². The molecule has 0 amide bonds. The SMILES string of the molecule is COC(=O)COc1c(-c2cccc3c2CCC3=O)ccc(OC)c1OC. The smallest absolute Gasteiger partial charge is 0.343 e. The number of hydrogen-bond donors (Lipinski definition) is 0. The molecule has 0 aliphatic heterocycles. The molecule has 26 heavy (non-hydrogen) atoms. The first-order valence-corrected chi connectivity index (χ1v) is 8.20. The lowest BCUT2D eigenvalue weighted by Crippen LogP contribution is -2.13. The first-order chi connectivity index (χ1) is 12.6. The van der Waals surface area contributed by atoms with Gasteiger partial charge in [-0.15, -0.1) is 0 Å². The van der Waals surface area contributed by atoms with Crippen LogP contribution in [0.25, 0.3) is 11.1 Å². The molecule has 1 aliphatic carbocycles. The van der Waals surface area contributed by atoms with Gasteiger partial charge in [0.2, 0.25) is 5.75 Å². The number of rotatable bonds is 6. The summed E-state index contributed by atoms with van der Waals surface area (Å²) in [4.78, 5) is 23.6. The summed E-state index contributed by atoms with van der Waals surface area (Å²) in [6.07, 6.45) is 1.17. The van der Waals surface area contributed by atoms with E-state index < -0.39 is 5.97 Å². The standard InChI is InChI=1S/C20H20O6/c1-23-17-10-8-15(19(20(17)25-3)26-11-18(22)24-2)12-5-4-6-14-13(12)7-9-16(14)21/h4-6,8,10H,7,9,11H2,1-3H3. The van der Waals surface area contributed by atoms with E-state index in [4.69, 9.17) is 14.2 Å². The average Bonchev–Trinajstić information content (AvgIpc) is 3.06. The number of carbonyl (C=O) groups is 2. The molecule has 0 aromatic heterocycles. The number of ether oxygens (including phenoxy) is 4. The highest BCUT2D eigenvalue weighted by Crippen LogP contribution is 2.46. The summed E-state index contributed by atoms with van der Waals surface area (Å²) >= 11 is 0. The molecule has 6 heteroatoms. The number of Topliss-reactive ketones (excluding diaryl/α,β-unsaturated/α-hetero) is 1. The van der Waals surface area contributed by atoms with E-state index in [9.17, 15) is 9.59 Å². The summed E-state index contributed by atoms with van der Waals surface area (Å²) < 4.78 is 21.2. The molecular weight excluding hydrogens is 336 g/mol. The van der Waals surface area contributed by atoms with Crippen molar-refractivity contribution < 1.29 is 28.5 Å². The van der Waals surface area contributed by atoms with Crippen LogP contribution in [0.3, 0.4) is 0 Å². The number of carbonyl (C=O) groups excluding carboxylic acids is 2. The van der Waals surface area contributed by atoms with Crippen molar-refractivity contribution in [3.05, 3.63) is 41.5 Å². The van der Waals surface area contributed by atoms with Crippen LogP contribution in [-0.2, 0) is 16.0 Å². The lowest BCUT2D eigenvalue weighted by Gasteiger charge is -2.18. The summed E-state index contributed by atoms with van der Waals surface area (Å²) in [7, 11) is 4.33. The van der Waals surface area contributed by atoms with Gasteiger partial charge in [0.05, 0.1) is 21.3 Å². The monoisotopic (exact) mass is 356 g/mol. The van der Waals surface area contributed by atoms with E-state index in [0.717, 1.165) is 22.3 Å². The van der Waals surface area contributed by atoms with E-state index in [2.05, 4.69) is 4.74 Å². The molecule has 2 aromatic rings. The van der Waals surface area contributed by atoms with Gasteiger partial charge < -0.3 is 18.9 Å². The van der Waals surface area contributed by atoms with E-state index in [1.165, 1.54) is 21.3 Å². The van der Waals surface area contributed by atoms with Crippen LogP contribution >= 0.6 is 0 Å². The molecule has 0 spiro atoms. The van der Waals surface area contributed by atoms with E-state index in [1.54, 1.807) is 6.07 Å². The minimum Gasteiger partial charge on any atom is -0.493 e.